The molecule has 2 unspecified atom stereocenters. The van der Waals surface area contributed by atoms with Gasteiger partial charge >= 0.3 is 0 Å². The number of hydrogen-bond acceptors (Lipinski definition) is 4. The molecule has 2 N–H and O–H groups in total. The molecule has 2 rings (SSSR count). The van der Waals surface area contributed by atoms with Crippen molar-refractivity contribution in [3.8, 4) is 11.3 Å². The lowest BCUT2D eigenvalue weighted by Crippen LogP contribution is -2.35. The number of amides is 1. The van der Waals surface area contributed by atoms with Gasteiger partial charge in [-0.25, -0.2) is 4.98 Å². The molecule has 0 aliphatic rings. The molecule has 1 aromatic carbocycles. The third-order valence-electron chi connectivity index (χ3n) is 3.35. The Bertz CT molecular complexity index is 627. The topological polar surface area (TPSA) is 54.0 Å². The fourth-order valence-corrected chi connectivity index (χ4v) is 3.16. The summed E-state index contributed by atoms with van der Waals surface area (Å²) in [6.45, 7) is 4.54. The number of carbonyl (C=O) groups is 1. The number of carbonyl (C=O) groups excluding carboxylic acids is 1. The van der Waals surface area contributed by atoms with Crippen LogP contribution in [0.25, 0.3) is 11.3 Å². The standard InChI is InChI=1S/C16H20BrN3OS/c1-10(8-18-3)15(21)19-11(2)16-20-14(9-22-16)12-4-6-13(17)7-5-12/h4-7,9-11,18H,8H2,1-3H3,(H,19,21). The van der Waals surface area contributed by atoms with Crippen LogP contribution in [0.4, 0.5) is 0 Å². The number of thiazole rings is 1. The summed E-state index contributed by atoms with van der Waals surface area (Å²) in [6, 6.07) is 7.97. The van der Waals surface area contributed by atoms with Crippen LogP contribution in [0.2, 0.25) is 0 Å². The van der Waals surface area contributed by atoms with Crippen molar-refractivity contribution in [3.05, 3.63) is 39.1 Å². The van der Waals surface area contributed by atoms with Crippen LogP contribution < -0.4 is 10.6 Å². The zero-order chi connectivity index (χ0) is 16.1. The van der Waals surface area contributed by atoms with E-state index in [1.807, 2.05) is 50.5 Å². The number of aromatic nitrogens is 1. The Morgan fingerprint density at radius 2 is 2.00 bits per heavy atom. The molecular formula is C16H20BrN3OS. The second-order valence-electron chi connectivity index (χ2n) is 5.27. The van der Waals surface area contributed by atoms with Crippen molar-refractivity contribution in [2.45, 2.75) is 19.9 Å². The summed E-state index contributed by atoms with van der Waals surface area (Å²) in [7, 11) is 1.85. The monoisotopic (exact) mass is 381 g/mol. The van der Waals surface area contributed by atoms with E-state index in [1.54, 1.807) is 11.3 Å². The zero-order valence-corrected chi connectivity index (χ0v) is 15.3. The average Bonchev–Trinajstić information content (AvgIpc) is 2.98. The highest BCUT2D eigenvalue weighted by Crippen LogP contribution is 2.26. The maximum Gasteiger partial charge on any atom is 0.224 e. The summed E-state index contributed by atoms with van der Waals surface area (Å²) in [5.41, 5.74) is 2.02. The first-order valence-corrected chi connectivity index (χ1v) is 8.85. The molecule has 0 aliphatic carbocycles. The Kier molecular flexibility index (Phi) is 6.11. The summed E-state index contributed by atoms with van der Waals surface area (Å²) >= 11 is 5.00. The van der Waals surface area contributed by atoms with Crippen molar-refractivity contribution in [1.82, 2.24) is 15.6 Å². The molecule has 1 amide bonds. The molecule has 2 aromatic rings. The van der Waals surface area contributed by atoms with Gasteiger partial charge in [0, 0.05) is 27.9 Å². The van der Waals surface area contributed by atoms with Crippen LogP contribution in [-0.4, -0.2) is 24.5 Å². The first-order valence-electron chi connectivity index (χ1n) is 7.17. The van der Waals surface area contributed by atoms with Crippen molar-refractivity contribution in [2.24, 2.45) is 5.92 Å². The number of halogens is 1. The van der Waals surface area contributed by atoms with Crippen LogP contribution >= 0.6 is 27.3 Å². The molecule has 0 fully saturated rings. The lowest BCUT2D eigenvalue weighted by Gasteiger charge is -2.15. The quantitative estimate of drug-likeness (QED) is 0.803. The summed E-state index contributed by atoms with van der Waals surface area (Å²) < 4.78 is 1.05. The zero-order valence-electron chi connectivity index (χ0n) is 12.9. The molecule has 0 saturated carbocycles. The fourth-order valence-electron chi connectivity index (χ4n) is 2.06. The van der Waals surface area contributed by atoms with Gasteiger partial charge < -0.3 is 10.6 Å². The largest absolute Gasteiger partial charge is 0.347 e. The Hall–Kier alpha value is -1.24. The Morgan fingerprint density at radius 3 is 2.64 bits per heavy atom. The highest BCUT2D eigenvalue weighted by molar-refractivity contribution is 9.10. The van der Waals surface area contributed by atoms with Gasteiger partial charge in [0.1, 0.15) is 5.01 Å². The van der Waals surface area contributed by atoms with Crippen LogP contribution in [-0.2, 0) is 4.79 Å². The molecule has 1 heterocycles. The molecule has 0 saturated heterocycles. The van der Waals surface area contributed by atoms with Gasteiger partial charge in [-0.2, -0.15) is 0 Å². The number of nitrogens with one attached hydrogen (secondary N) is 2. The summed E-state index contributed by atoms with van der Waals surface area (Å²) in [5.74, 6) is -0.0133. The van der Waals surface area contributed by atoms with Crippen LogP contribution in [0.15, 0.2) is 34.1 Å². The fraction of sp³-hybridized carbons (Fsp3) is 0.375. The smallest absolute Gasteiger partial charge is 0.224 e. The number of hydrogen-bond donors (Lipinski definition) is 2. The van der Waals surface area contributed by atoms with Gasteiger partial charge in [-0.05, 0) is 26.1 Å². The summed E-state index contributed by atoms with van der Waals surface area (Å²) in [6.07, 6.45) is 0. The van der Waals surface area contributed by atoms with Gasteiger partial charge in [-0.1, -0.05) is 35.0 Å². The minimum absolute atomic E-state index is 0.0437. The molecule has 1 aromatic heterocycles. The maximum atomic E-state index is 12.1. The van der Waals surface area contributed by atoms with E-state index >= 15 is 0 Å². The van der Waals surface area contributed by atoms with Crippen molar-refractivity contribution < 1.29 is 4.79 Å². The molecule has 0 spiro atoms. The third-order valence-corrected chi connectivity index (χ3v) is 4.91. The minimum Gasteiger partial charge on any atom is -0.347 e. The first-order chi connectivity index (χ1) is 10.5. The van der Waals surface area contributed by atoms with Crippen molar-refractivity contribution in [2.75, 3.05) is 13.6 Å². The van der Waals surface area contributed by atoms with Gasteiger partial charge in [0.2, 0.25) is 5.91 Å². The SMILES string of the molecule is CNCC(C)C(=O)NC(C)c1nc(-c2ccc(Br)cc2)cs1. The highest BCUT2D eigenvalue weighted by Gasteiger charge is 2.17. The van der Waals surface area contributed by atoms with Crippen LogP contribution in [0.5, 0.6) is 0 Å². The predicted molar refractivity (Wildman–Crippen MR) is 94.9 cm³/mol. The lowest BCUT2D eigenvalue weighted by atomic mass is 10.1. The van der Waals surface area contributed by atoms with Crippen molar-refractivity contribution in [1.29, 1.82) is 0 Å². The Labute approximate surface area is 143 Å². The lowest BCUT2D eigenvalue weighted by molar-refractivity contribution is -0.125. The van der Waals surface area contributed by atoms with Gasteiger partial charge in [-0.3, -0.25) is 4.79 Å². The molecule has 2 atom stereocenters. The van der Waals surface area contributed by atoms with Crippen LogP contribution in [0.3, 0.4) is 0 Å². The first kappa shape index (κ1) is 17.1. The second kappa shape index (κ2) is 7.85. The molecule has 118 valence electrons. The van der Waals surface area contributed by atoms with E-state index in [9.17, 15) is 4.79 Å². The molecule has 0 bridgehead atoms. The van der Waals surface area contributed by atoms with Gasteiger partial charge in [0.05, 0.1) is 11.7 Å². The van der Waals surface area contributed by atoms with Gasteiger partial charge in [-0.15, -0.1) is 11.3 Å². The Morgan fingerprint density at radius 1 is 1.32 bits per heavy atom. The highest BCUT2D eigenvalue weighted by atomic mass is 79.9. The summed E-state index contributed by atoms with van der Waals surface area (Å²) in [5, 5.41) is 8.98. The molecule has 6 heteroatoms. The van der Waals surface area contributed by atoms with E-state index < -0.39 is 0 Å². The van der Waals surface area contributed by atoms with Crippen LogP contribution in [0.1, 0.15) is 24.9 Å². The van der Waals surface area contributed by atoms with Crippen LogP contribution in [0, 0.1) is 5.92 Å². The minimum atomic E-state index is -0.0824. The molecule has 22 heavy (non-hydrogen) atoms. The molecule has 0 radical (unpaired) electrons. The van der Waals surface area contributed by atoms with Gasteiger partial charge in [0.15, 0.2) is 0 Å². The van der Waals surface area contributed by atoms with E-state index in [-0.39, 0.29) is 17.9 Å². The predicted octanol–water partition coefficient (Wildman–Crippen LogP) is 3.61. The Balaban J connectivity index is 2.04. The third kappa shape index (κ3) is 4.38. The molecular weight excluding hydrogens is 362 g/mol. The number of benzene rings is 1. The number of nitrogens with zero attached hydrogens (tertiary/aromatic N) is 1. The van der Waals surface area contributed by atoms with E-state index in [0.717, 1.165) is 20.7 Å². The number of rotatable bonds is 6. The average molecular weight is 382 g/mol. The second-order valence-corrected chi connectivity index (χ2v) is 7.07. The summed E-state index contributed by atoms with van der Waals surface area (Å²) in [4.78, 5) is 16.7. The molecule has 0 aliphatic heterocycles. The van der Waals surface area contributed by atoms with E-state index in [0.29, 0.717) is 6.54 Å². The van der Waals surface area contributed by atoms with E-state index in [1.165, 1.54) is 0 Å². The molecule has 4 nitrogen and oxygen atoms in total. The van der Waals surface area contributed by atoms with Gasteiger partial charge in [0.25, 0.3) is 0 Å². The van der Waals surface area contributed by atoms with Crippen molar-refractivity contribution in [3.63, 3.8) is 0 Å². The van der Waals surface area contributed by atoms with Crippen molar-refractivity contribution >= 4 is 33.2 Å². The van der Waals surface area contributed by atoms with E-state index in [2.05, 4.69) is 31.5 Å². The van der Waals surface area contributed by atoms with E-state index in [4.69, 9.17) is 0 Å². The normalized spacial score (nSPS) is 13.6. The maximum absolute atomic E-state index is 12.1.